The van der Waals surface area contributed by atoms with Crippen molar-refractivity contribution in [2.75, 3.05) is 33.2 Å². The van der Waals surface area contributed by atoms with Crippen LogP contribution in [0.4, 0.5) is 0 Å². The summed E-state index contributed by atoms with van der Waals surface area (Å²) >= 11 is 0. The van der Waals surface area contributed by atoms with Crippen molar-refractivity contribution in [3.63, 3.8) is 0 Å². The second-order valence-corrected chi connectivity index (χ2v) is 4.33. The molecular formula is C14H25IN4. The smallest absolute Gasteiger partial charge is 0.188 e. The van der Waals surface area contributed by atoms with Crippen LogP contribution in [-0.2, 0) is 6.42 Å². The van der Waals surface area contributed by atoms with Crippen LogP contribution >= 0.6 is 24.0 Å². The number of hydrogen-bond donors (Lipinski definition) is 2. The molecule has 0 aromatic heterocycles. The van der Waals surface area contributed by atoms with E-state index in [1.807, 2.05) is 18.2 Å². The molecule has 0 aliphatic carbocycles. The van der Waals surface area contributed by atoms with Crippen LogP contribution in [0.25, 0.3) is 0 Å². The van der Waals surface area contributed by atoms with E-state index in [-0.39, 0.29) is 24.0 Å². The number of nitrogens with zero attached hydrogens (tertiary/aromatic N) is 2. The van der Waals surface area contributed by atoms with Gasteiger partial charge < -0.3 is 16.0 Å². The first kappa shape index (κ1) is 18.2. The van der Waals surface area contributed by atoms with E-state index in [0.29, 0.717) is 5.96 Å². The van der Waals surface area contributed by atoms with Gasteiger partial charge in [0.25, 0.3) is 0 Å². The van der Waals surface area contributed by atoms with Crippen molar-refractivity contribution in [1.29, 1.82) is 0 Å². The summed E-state index contributed by atoms with van der Waals surface area (Å²) in [6.07, 6.45) is 0.964. The lowest BCUT2D eigenvalue weighted by atomic mass is 10.1. The number of halogens is 1. The zero-order valence-electron chi connectivity index (χ0n) is 11.8. The lowest BCUT2D eigenvalue weighted by Crippen LogP contribution is -2.34. The fourth-order valence-corrected chi connectivity index (χ4v) is 1.53. The highest BCUT2D eigenvalue weighted by Crippen LogP contribution is 1.97. The zero-order chi connectivity index (χ0) is 13.2. The number of aliphatic imine (C=N–C) groups is 1. The molecule has 0 aliphatic rings. The van der Waals surface area contributed by atoms with Crippen LogP contribution in [0, 0.1) is 0 Å². The summed E-state index contributed by atoms with van der Waals surface area (Å²) in [7, 11) is 2.08. The van der Waals surface area contributed by atoms with E-state index in [0.717, 1.165) is 32.6 Å². The number of hydrogen-bond acceptors (Lipinski definition) is 2. The summed E-state index contributed by atoms with van der Waals surface area (Å²) in [5.41, 5.74) is 7.09. The van der Waals surface area contributed by atoms with E-state index < -0.39 is 0 Å². The molecule has 0 saturated heterocycles. The van der Waals surface area contributed by atoms with Gasteiger partial charge >= 0.3 is 0 Å². The molecule has 1 aromatic carbocycles. The van der Waals surface area contributed by atoms with E-state index in [9.17, 15) is 0 Å². The van der Waals surface area contributed by atoms with Crippen LogP contribution in [0.3, 0.4) is 0 Å². The maximum atomic E-state index is 5.79. The third-order valence-corrected chi connectivity index (χ3v) is 2.87. The Bertz CT molecular complexity index is 354. The number of nitrogens with two attached hydrogens (primary N) is 1. The number of guanidine groups is 1. The first-order chi connectivity index (χ1) is 8.72. The number of nitrogens with one attached hydrogen (secondary N) is 1. The second-order valence-electron chi connectivity index (χ2n) is 4.33. The second kappa shape index (κ2) is 11.0. The predicted molar refractivity (Wildman–Crippen MR) is 93.2 cm³/mol. The minimum absolute atomic E-state index is 0. The molecule has 0 unspecified atom stereocenters. The summed E-state index contributed by atoms with van der Waals surface area (Å²) in [6.45, 7) is 5.68. The molecule has 1 aromatic rings. The summed E-state index contributed by atoms with van der Waals surface area (Å²) in [6, 6.07) is 10.4. The van der Waals surface area contributed by atoms with E-state index in [2.05, 4.69) is 41.3 Å². The highest BCUT2D eigenvalue weighted by Gasteiger charge is 1.95. The Labute approximate surface area is 133 Å². The fourth-order valence-electron chi connectivity index (χ4n) is 1.53. The highest BCUT2D eigenvalue weighted by molar-refractivity contribution is 14.0. The van der Waals surface area contributed by atoms with Gasteiger partial charge in [0.1, 0.15) is 0 Å². The Balaban J connectivity index is 0.00000324. The number of rotatable bonds is 7. The fraction of sp³-hybridized carbons (Fsp3) is 0.500. The van der Waals surface area contributed by atoms with Gasteiger partial charge in [0.15, 0.2) is 5.96 Å². The van der Waals surface area contributed by atoms with Crippen LogP contribution < -0.4 is 11.1 Å². The maximum absolute atomic E-state index is 5.79. The topological polar surface area (TPSA) is 53.6 Å². The Hall–Kier alpha value is -0.820. The Morgan fingerprint density at radius 1 is 1.32 bits per heavy atom. The van der Waals surface area contributed by atoms with E-state index in [1.165, 1.54) is 5.56 Å². The standard InChI is InChI=1S/C14H24N4.HI/c1-3-18(2)12-11-17-14(15)16-10-9-13-7-5-4-6-8-13;/h4-8H,3,9-12H2,1-2H3,(H3,15,16,17);1H. The molecule has 3 N–H and O–H groups in total. The van der Waals surface area contributed by atoms with Crippen LogP contribution in [0.15, 0.2) is 35.3 Å². The predicted octanol–water partition coefficient (Wildman–Crippen LogP) is 1.70. The molecule has 19 heavy (non-hydrogen) atoms. The molecule has 1 rings (SSSR count). The van der Waals surface area contributed by atoms with E-state index in [1.54, 1.807) is 0 Å². The van der Waals surface area contributed by atoms with Crippen molar-refractivity contribution in [3.05, 3.63) is 35.9 Å². The normalized spacial score (nSPS) is 11.2. The largest absolute Gasteiger partial charge is 0.370 e. The monoisotopic (exact) mass is 376 g/mol. The lowest BCUT2D eigenvalue weighted by molar-refractivity contribution is 0.363. The third kappa shape index (κ3) is 8.83. The quantitative estimate of drug-likeness (QED) is 0.433. The van der Waals surface area contributed by atoms with Gasteiger partial charge in [0, 0.05) is 13.1 Å². The van der Waals surface area contributed by atoms with Gasteiger partial charge in [-0.15, -0.1) is 24.0 Å². The Morgan fingerprint density at radius 2 is 2.00 bits per heavy atom. The molecule has 108 valence electrons. The molecule has 0 bridgehead atoms. The van der Waals surface area contributed by atoms with Gasteiger partial charge in [-0.05, 0) is 25.6 Å². The van der Waals surface area contributed by atoms with Crippen LogP contribution in [0.1, 0.15) is 12.5 Å². The molecule has 0 spiro atoms. The molecule has 4 nitrogen and oxygen atoms in total. The Kier molecular flexibility index (Phi) is 10.6. The zero-order valence-corrected chi connectivity index (χ0v) is 14.1. The molecule has 0 amide bonds. The first-order valence-electron chi connectivity index (χ1n) is 6.48. The maximum Gasteiger partial charge on any atom is 0.188 e. The lowest BCUT2D eigenvalue weighted by Gasteiger charge is -2.11. The van der Waals surface area contributed by atoms with Crippen molar-refractivity contribution in [3.8, 4) is 0 Å². The number of benzene rings is 1. The summed E-state index contributed by atoms with van der Waals surface area (Å²) in [5.74, 6) is 0.537. The molecule has 0 atom stereocenters. The molecule has 0 fully saturated rings. The summed E-state index contributed by atoms with van der Waals surface area (Å²) in [5, 5.41) is 3.13. The van der Waals surface area contributed by atoms with Crippen LogP contribution in [0.5, 0.6) is 0 Å². The molecular weight excluding hydrogens is 351 g/mol. The molecule has 5 heteroatoms. The van der Waals surface area contributed by atoms with Gasteiger partial charge in [-0.2, -0.15) is 0 Å². The number of likely N-dealkylation sites (N-methyl/N-ethyl adjacent to an activating group) is 1. The van der Waals surface area contributed by atoms with Crippen LogP contribution in [-0.4, -0.2) is 44.1 Å². The third-order valence-electron chi connectivity index (χ3n) is 2.87. The van der Waals surface area contributed by atoms with Gasteiger partial charge in [-0.3, -0.25) is 4.99 Å². The van der Waals surface area contributed by atoms with Crippen molar-refractivity contribution in [1.82, 2.24) is 10.2 Å². The van der Waals surface area contributed by atoms with Crippen LogP contribution in [0.2, 0.25) is 0 Å². The van der Waals surface area contributed by atoms with Crippen molar-refractivity contribution in [2.24, 2.45) is 10.7 Å². The molecule has 0 aliphatic heterocycles. The average Bonchev–Trinajstić information content (AvgIpc) is 2.39. The van der Waals surface area contributed by atoms with Gasteiger partial charge in [-0.1, -0.05) is 37.3 Å². The van der Waals surface area contributed by atoms with Crippen molar-refractivity contribution in [2.45, 2.75) is 13.3 Å². The van der Waals surface area contributed by atoms with Gasteiger partial charge in [0.05, 0.1) is 6.54 Å². The molecule has 0 saturated carbocycles. The SMILES string of the molecule is CCN(C)CCN=C(N)NCCc1ccccc1.I. The van der Waals surface area contributed by atoms with Crippen molar-refractivity contribution >= 4 is 29.9 Å². The summed E-state index contributed by atoms with van der Waals surface area (Å²) in [4.78, 5) is 6.49. The first-order valence-corrected chi connectivity index (χ1v) is 6.48. The minimum atomic E-state index is 0. The molecule has 0 heterocycles. The minimum Gasteiger partial charge on any atom is -0.370 e. The van der Waals surface area contributed by atoms with Gasteiger partial charge in [0.2, 0.25) is 0 Å². The van der Waals surface area contributed by atoms with E-state index >= 15 is 0 Å². The Morgan fingerprint density at radius 3 is 2.63 bits per heavy atom. The molecule has 0 radical (unpaired) electrons. The average molecular weight is 376 g/mol. The van der Waals surface area contributed by atoms with Crippen molar-refractivity contribution < 1.29 is 0 Å². The van der Waals surface area contributed by atoms with Gasteiger partial charge in [-0.25, -0.2) is 0 Å². The summed E-state index contributed by atoms with van der Waals surface area (Å²) < 4.78 is 0. The van der Waals surface area contributed by atoms with E-state index in [4.69, 9.17) is 5.73 Å². The highest BCUT2D eigenvalue weighted by atomic mass is 127.